The number of nitrogens with zero attached hydrogens (tertiary/aromatic N) is 2. The molecule has 1 spiro atoms. The Morgan fingerprint density at radius 3 is 2.50 bits per heavy atom. The number of amides is 4. The van der Waals surface area contributed by atoms with Crippen LogP contribution in [0.3, 0.4) is 0 Å². The van der Waals surface area contributed by atoms with E-state index in [0.29, 0.717) is 25.8 Å². The topological polar surface area (TPSA) is 107 Å². The number of urea groups is 1. The molecule has 132 valence electrons. The molecule has 2 N–H and O–H groups in total. The van der Waals surface area contributed by atoms with Crippen molar-refractivity contribution in [2.45, 2.75) is 62.9 Å². The van der Waals surface area contributed by atoms with Crippen LogP contribution < -0.4 is 5.32 Å². The standard InChI is InChI=1S/C16H23N3O5/c20-12(18-9-5-2-6-11(18)13(21)22)10-19-14(23)16(17-15(19)24)7-3-1-4-8-16/h11H,1-10H2,(H,17,24)(H,21,22). The van der Waals surface area contributed by atoms with Gasteiger partial charge < -0.3 is 15.3 Å². The summed E-state index contributed by atoms with van der Waals surface area (Å²) in [4.78, 5) is 51.0. The molecule has 8 nitrogen and oxygen atoms in total. The van der Waals surface area contributed by atoms with E-state index in [4.69, 9.17) is 0 Å². The van der Waals surface area contributed by atoms with Crippen molar-refractivity contribution in [3.05, 3.63) is 0 Å². The molecule has 1 unspecified atom stereocenters. The van der Waals surface area contributed by atoms with E-state index in [-0.39, 0.29) is 12.5 Å². The summed E-state index contributed by atoms with van der Waals surface area (Å²) in [6, 6.07) is -1.41. The van der Waals surface area contributed by atoms with E-state index in [1.165, 1.54) is 4.90 Å². The van der Waals surface area contributed by atoms with Gasteiger partial charge in [0.1, 0.15) is 18.1 Å². The van der Waals surface area contributed by atoms with Gasteiger partial charge in [-0.15, -0.1) is 0 Å². The van der Waals surface area contributed by atoms with E-state index in [1.54, 1.807) is 0 Å². The van der Waals surface area contributed by atoms with E-state index in [1.807, 2.05) is 0 Å². The number of imide groups is 1. The molecule has 0 aromatic heterocycles. The summed E-state index contributed by atoms with van der Waals surface area (Å²) < 4.78 is 0. The van der Waals surface area contributed by atoms with Crippen molar-refractivity contribution in [1.82, 2.24) is 15.1 Å². The zero-order chi connectivity index (χ0) is 17.3. The Morgan fingerprint density at radius 1 is 1.12 bits per heavy atom. The minimum atomic E-state index is -1.04. The summed E-state index contributed by atoms with van der Waals surface area (Å²) in [6.07, 6.45) is 5.89. The Kier molecular flexibility index (Phi) is 4.47. The highest BCUT2D eigenvalue weighted by atomic mass is 16.4. The third-order valence-electron chi connectivity index (χ3n) is 5.35. The number of carboxylic acid groups (broad SMARTS) is 1. The second-order valence-corrected chi connectivity index (χ2v) is 6.90. The lowest BCUT2D eigenvalue weighted by Gasteiger charge is -2.34. The first kappa shape index (κ1) is 16.7. The molecular formula is C16H23N3O5. The second-order valence-electron chi connectivity index (χ2n) is 6.90. The van der Waals surface area contributed by atoms with Gasteiger partial charge in [-0.3, -0.25) is 14.5 Å². The average molecular weight is 337 g/mol. The smallest absolute Gasteiger partial charge is 0.326 e. The van der Waals surface area contributed by atoms with Crippen LogP contribution in [0.2, 0.25) is 0 Å². The summed E-state index contributed by atoms with van der Waals surface area (Å²) in [5, 5.41) is 12.0. The van der Waals surface area contributed by atoms with E-state index in [9.17, 15) is 24.3 Å². The Bertz CT molecular complexity index is 570. The first-order chi connectivity index (χ1) is 11.4. The zero-order valence-corrected chi connectivity index (χ0v) is 13.6. The number of aliphatic carboxylic acids is 1. The van der Waals surface area contributed by atoms with E-state index >= 15 is 0 Å². The number of rotatable bonds is 3. The van der Waals surface area contributed by atoms with Crippen LogP contribution in [0.5, 0.6) is 0 Å². The minimum Gasteiger partial charge on any atom is -0.480 e. The third kappa shape index (κ3) is 2.85. The van der Waals surface area contributed by atoms with E-state index < -0.39 is 29.5 Å². The summed E-state index contributed by atoms with van der Waals surface area (Å²) in [5.74, 6) is -1.85. The molecule has 3 fully saturated rings. The van der Waals surface area contributed by atoms with Gasteiger partial charge in [-0.2, -0.15) is 0 Å². The molecule has 3 rings (SSSR count). The fourth-order valence-corrected chi connectivity index (χ4v) is 4.03. The molecule has 1 atom stereocenters. The van der Waals surface area contributed by atoms with Crippen molar-refractivity contribution in [2.24, 2.45) is 0 Å². The quantitative estimate of drug-likeness (QED) is 0.738. The van der Waals surface area contributed by atoms with Gasteiger partial charge in [0.05, 0.1) is 0 Å². The first-order valence-corrected chi connectivity index (χ1v) is 8.61. The van der Waals surface area contributed by atoms with Crippen LogP contribution in [-0.4, -0.2) is 63.4 Å². The van der Waals surface area contributed by atoms with Crippen molar-refractivity contribution in [2.75, 3.05) is 13.1 Å². The highest BCUT2D eigenvalue weighted by Crippen LogP contribution is 2.33. The Labute approximate surface area is 140 Å². The van der Waals surface area contributed by atoms with E-state index in [0.717, 1.165) is 37.0 Å². The average Bonchev–Trinajstić information content (AvgIpc) is 2.79. The lowest BCUT2D eigenvalue weighted by Crippen LogP contribution is -2.52. The van der Waals surface area contributed by atoms with Crippen LogP contribution >= 0.6 is 0 Å². The highest BCUT2D eigenvalue weighted by molar-refractivity contribution is 6.09. The zero-order valence-electron chi connectivity index (χ0n) is 13.6. The molecule has 24 heavy (non-hydrogen) atoms. The van der Waals surface area contributed by atoms with Crippen molar-refractivity contribution < 1.29 is 24.3 Å². The summed E-state index contributed by atoms with van der Waals surface area (Å²) in [5.41, 5.74) is -0.857. The summed E-state index contributed by atoms with van der Waals surface area (Å²) in [7, 11) is 0. The van der Waals surface area contributed by atoms with Crippen molar-refractivity contribution in [3.8, 4) is 0 Å². The fraction of sp³-hybridized carbons (Fsp3) is 0.750. The number of carbonyl (C=O) groups excluding carboxylic acids is 3. The van der Waals surface area contributed by atoms with Crippen LogP contribution in [0.4, 0.5) is 4.79 Å². The second kappa shape index (κ2) is 6.41. The van der Waals surface area contributed by atoms with Crippen LogP contribution in [0.1, 0.15) is 51.4 Å². The molecule has 0 aromatic rings. The predicted octanol–water partition coefficient (Wildman–Crippen LogP) is 0.707. The highest BCUT2D eigenvalue weighted by Gasteiger charge is 2.52. The Balaban J connectivity index is 1.70. The molecule has 8 heteroatoms. The van der Waals surface area contributed by atoms with Crippen molar-refractivity contribution in [1.29, 1.82) is 0 Å². The number of carbonyl (C=O) groups is 4. The molecule has 4 amide bonds. The van der Waals surface area contributed by atoms with Gasteiger partial charge in [0.15, 0.2) is 0 Å². The monoisotopic (exact) mass is 337 g/mol. The van der Waals surface area contributed by atoms with Gasteiger partial charge in [0.25, 0.3) is 5.91 Å². The number of hydrogen-bond acceptors (Lipinski definition) is 4. The number of nitrogens with one attached hydrogen (secondary N) is 1. The maximum absolute atomic E-state index is 12.7. The lowest BCUT2D eigenvalue weighted by atomic mass is 9.82. The van der Waals surface area contributed by atoms with Crippen LogP contribution in [0.15, 0.2) is 0 Å². The van der Waals surface area contributed by atoms with Gasteiger partial charge in [-0.1, -0.05) is 19.3 Å². The van der Waals surface area contributed by atoms with Crippen LogP contribution in [0.25, 0.3) is 0 Å². The molecule has 2 heterocycles. The van der Waals surface area contributed by atoms with Gasteiger partial charge in [-0.05, 0) is 32.1 Å². The lowest BCUT2D eigenvalue weighted by molar-refractivity contribution is -0.152. The summed E-state index contributed by atoms with van der Waals surface area (Å²) in [6.45, 7) is -0.0270. The Hall–Kier alpha value is -2.12. The number of carboxylic acids is 1. The minimum absolute atomic E-state index is 0.343. The predicted molar refractivity (Wildman–Crippen MR) is 83.0 cm³/mol. The number of piperidine rings is 1. The van der Waals surface area contributed by atoms with Crippen molar-refractivity contribution >= 4 is 23.8 Å². The van der Waals surface area contributed by atoms with Gasteiger partial charge in [-0.25, -0.2) is 9.59 Å². The van der Waals surface area contributed by atoms with Crippen LogP contribution in [-0.2, 0) is 14.4 Å². The molecule has 0 bridgehead atoms. The molecule has 2 aliphatic heterocycles. The Morgan fingerprint density at radius 2 is 1.83 bits per heavy atom. The molecule has 0 radical (unpaired) electrons. The first-order valence-electron chi connectivity index (χ1n) is 8.61. The van der Waals surface area contributed by atoms with Crippen molar-refractivity contribution in [3.63, 3.8) is 0 Å². The van der Waals surface area contributed by atoms with Gasteiger partial charge in [0, 0.05) is 6.54 Å². The molecule has 1 aliphatic carbocycles. The van der Waals surface area contributed by atoms with E-state index in [2.05, 4.69) is 5.32 Å². The fourth-order valence-electron chi connectivity index (χ4n) is 4.03. The number of likely N-dealkylation sites (tertiary alicyclic amines) is 1. The van der Waals surface area contributed by atoms with Crippen LogP contribution in [0, 0.1) is 0 Å². The largest absolute Gasteiger partial charge is 0.480 e. The molecule has 0 aromatic carbocycles. The molecule has 1 saturated carbocycles. The molecule has 2 saturated heterocycles. The van der Waals surface area contributed by atoms with Gasteiger partial charge in [0.2, 0.25) is 5.91 Å². The number of hydrogen-bond donors (Lipinski definition) is 2. The maximum Gasteiger partial charge on any atom is 0.326 e. The third-order valence-corrected chi connectivity index (χ3v) is 5.35. The SMILES string of the molecule is O=C(O)C1CCCCN1C(=O)CN1C(=O)NC2(CCCCC2)C1=O. The van der Waals surface area contributed by atoms with Gasteiger partial charge >= 0.3 is 12.0 Å². The molecular weight excluding hydrogens is 314 g/mol. The molecule has 3 aliphatic rings. The summed E-state index contributed by atoms with van der Waals surface area (Å²) >= 11 is 0. The normalized spacial score (nSPS) is 26.6. The maximum atomic E-state index is 12.7.